The molecule has 0 aliphatic carbocycles. The third kappa shape index (κ3) is 4.76. The Morgan fingerprint density at radius 2 is 1.64 bits per heavy atom. The fourth-order valence-electron chi connectivity index (χ4n) is 2.44. The Bertz CT molecular complexity index is 836. The Morgan fingerprint density at radius 3 is 2.32 bits per heavy atom. The van der Waals surface area contributed by atoms with Gasteiger partial charge in [0.1, 0.15) is 0 Å². The number of anilines is 1. The Labute approximate surface area is 147 Å². The Balaban J connectivity index is 1.48. The Kier molecular flexibility index (Phi) is 5.23. The lowest BCUT2D eigenvalue weighted by molar-refractivity contribution is -0.116. The molecule has 1 heterocycles. The summed E-state index contributed by atoms with van der Waals surface area (Å²) in [5.41, 5.74) is 4.10. The van der Waals surface area contributed by atoms with Gasteiger partial charge in [-0.15, -0.1) is 0 Å². The SMILES string of the molecule is Cc1ccc(NC(=O)CCCc2nc(-c3ccc(C)cc3)no2)cc1. The summed E-state index contributed by atoms with van der Waals surface area (Å²) in [5, 5.41) is 6.89. The highest BCUT2D eigenvalue weighted by molar-refractivity contribution is 5.90. The van der Waals surface area contributed by atoms with Crippen LogP contribution in [0, 0.1) is 13.8 Å². The van der Waals surface area contributed by atoms with Crippen LogP contribution in [-0.4, -0.2) is 16.0 Å². The molecule has 0 saturated carbocycles. The molecule has 5 heteroatoms. The van der Waals surface area contributed by atoms with Crippen molar-refractivity contribution in [3.63, 3.8) is 0 Å². The van der Waals surface area contributed by atoms with Gasteiger partial charge in [-0.25, -0.2) is 0 Å². The van der Waals surface area contributed by atoms with Crippen LogP contribution >= 0.6 is 0 Å². The molecule has 3 aromatic rings. The average molecular weight is 335 g/mol. The van der Waals surface area contributed by atoms with E-state index in [-0.39, 0.29) is 5.91 Å². The van der Waals surface area contributed by atoms with Crippen molar-refractivity contribution in [2.45, 2.75) is 33.1 Å². The number of aromatic nitrogens is 2. The molecule has 0 unspecified atom stereocenters. The number of hydrogen-bond acceptors (Lipinski definition) is 4. The molecule has 3 rings (SSSR count). The molecule has 0 fully saturated rings. The monoisotopic (exact) mass is 335 g/mol. The molecular weight excluding hydrogens is 314 g/mol. The van der Waals surface area contributed by atoms with Crippen molar-refractivity contribution < 1.29 is 9.32 Å². The molecule has 5 nitrogen and oxygen atoms in total. The number of amides is 1. The van der Waals surface area contributed by atoms with Gasteiger partial charge < -0.3 is 9.84 Å². The van der Waals surface area contributed by atoms with Crippen LogP contribution in [0.4, 0.5) is 5.69 Å². The predicted molar refractivity (Wildman–Crippen MR) is 97.2 cm³/mol. The van der Waals surface area contributed by atoms with Crippen molar-refractivity contribution in [2.24, 2.45) is 0 Å². The lowest BCUT2D eigenvalue weighted by atomic mass is 10.1. The third-order valence-electron chi connectivity index (χ3n) is 3.91. The molecule has 25 heavy (non-hydrogen) atoms. The van der Waals surface area contributed by atoms with Crippen molar-refractivity contribution in [3.05, 3.63) is 65.5 Å². The van der Waals surface area contributed by atoms with Crippen molar-refractivity contribution in [3.8, 4) is 11.4 Å². The maximum Gasteiger partial charge on any atom is 0.226 e. The van der Waals surface area contributed by atoms with Crippen LogP contribution < -0.4 is 5.32 Å². The van der Waals surface area contributed by atoms with Gasteiger partial charge in [-0.1, -0.05) is 52.7 Å². The zero-order valence-corrected chi connectivity index (χ0v) is 14.5. The van der Waals surface area contributed by atoms with Gasteiger partial charge in [-0.3, -0.25) is 4.79 Å². The van der Waals surface area contributed by atoms with E-state index in [1.807, 2.05) is 62.4 Å². The van der Waals surface area contributed by atoms with E-state index < -0.39 is 0 Å². The first-order valence-electron chi connectivity index (χ1n) is 8.36. The number of rotatable bonds is 6. The minimum atomic E-state index is -0.0119. The summed E-state index contributed by atoms with van der Waals surface area (Å²) < 4.78 is 5.27. The van der Waals surface area contributed by atoms with Crippen LogP contribution in [0.3, 0.4) is 0 Å². The van der Waals surface area contributed by atoms with E-state index in [9.17, 15) is 4.79 Å². The van der Waals surface area contributed by atoms with Crippen LogP contribution in [0.5, 0.6) is 0 Å². The third-order valence-corrected chi connectivity index (χ3v) is 3.91. The summed E-state index contributed by atoms with van der Waals surface area (Å²) in [6.07, 6.45) is 1.66. The largest absolute Gasteiger partial charge is 0.339 e. The van der Waals surface area contributed by atoms with Gasteiger partial charge in [0, 0.05) is 24.1 Å². The van der Waals surface area contributed by atoms with Gasteiger partial charge in [0.25, 0.3) is 0 Å². The molecule has 0 aliphatic rings. The van der Waals surface area contributed by atoms with Gasteiger partial charge in [-0.2, -0.15) is 4.98 Å². The lowest BCUT2D eigenvalue weighted by Crippen LogP contribution is -2.11. The number of carbonyl (C=O) groups is 1. The highest BCUT2D eigenvalue weighted by Gasteiger charge is 2.09. The molecule has 0 spiro atoms. The average Bonchev–Trinajstić information content (AvgIpc) is 3.06. The van der Waals surface area contributed by atoms with Gasteiger partial charge in [0.2, 0.25) is 17.6 Å². The maximum absolute atomic E-state index is 12.0. The first-order chi connectivity index (χ1) is 12.1. The topological polar surface area (TPSA) is 68.0 Å². The van der Waals surface area contributed by atoms with Crippen molar-refractivity contribution in [2.75, 3.05) is 5.32 Å². The summed E-state index contributed by atoms with van der Waals surface area (Å²) in [4.78, 5) is 16.4. The van der Waals surface area contributed by atoms with Gasteiger partial charge in [0.15, 0.2) is 0 Å². The summed E-state index contributed by atoms with van der Waals surface area (Å²) in [6, 6.07) is 15.7. The van der Waals surface area contributed by atoms with Gasteiger partial charge in [-0.05, 0) is 32.4 Å². The molecule has 0 bridgehead atoms. The molecule has 1 N–H and O–H groups in total. The van der Waals surface area contributed by atoms with Crippen LogP contribution in [0.1, 0.15) is 29.9 Å². The van der Waals surface area contributed by atoms with Crippen LogP contribution in [-0.2, 0) is 11.2 Å². The summed E-state index contributed by atoms with van der Waals surface area (Å²) in [7, 11) is 0. The normalized spacial score (nSPS) is 10.6. The fraction of sp³-hybridized carbons (Fsp3) is 0.250. The van der Waals surface area contributed by atoms with Crippen LogP contribution in [0.15, 0.2) is 53.1 Å². The highest BCUT2D eigenvalue weighted by atomic mass is 16.5. The molecule has 0 atom stereocenters. The first-order valence-corrected chi connectivity index (χ1v) is 8.36. The second-order valence-electron chi connectivity index (χ2n) is 6.15. The number of aryl methyl sites for hydroxylation is 3. The summed E-state index contributed by atoms with van der Waals surface area (Å²) >= 11 is 0. The summed E-state index contributed by atoms with van der Waals surface area (Å²) in [6.45, 7) is 4.05. The second-order valence-corrected chi connectivity index (χ2v) is 6.15. The van der Waals surface area contributed by atoms with Crippen molar-refractivity contribution in [1.82, 2.24) is 10.1 Å². The molecule has 128 valence electrons. The maximum atomic E-state index is 12.0. The highest BCUT2D eigenvalue weighted by Crippen LogP contribution is 2.17. The standard InChI is InChI=1S/C20H21N3O2/c1-14-6-10-16(11-7-14)20-22-19(25-23-20)5-3-4-18(24)21-17-12-8-15(2)9-13-17/h6-13H,3-5H2,1-2H3,(H,21,24). The Hall–Kier alpha value is -2.95. The second kappa shape index (κ2) is 7.75. The lowest BCUT2D eigenvalue weighted by Gasteiger charge is -2.04. The molecule has 2 aromatic carbocycles. The molecule has 0 radical (unpaired) electrons. The molecular formula is C20H21N3O2. The predicted octanol–water partition coefficient (Wildman–Crippen LogP) is 4.31. The van der Waals surface area contributed by atoms with E-state index in [1.54, 1.807) is 0 Å². The molecule has 1 amide bonds. The van der Waals surface area contributed by atoms with E-state index in [2.05, 4.69) is 15.5 Å². The van der Waals surface area contributed by atoms with E-state index in [1.165, 1.54) is 11.1 Å². The van der Waals surface area contributed by atoms with Crippen LogP contribution in [0.25, 0.3) is 11.4 Å². The molecule has 0 aliphatic heterocycles. The van der Waals surface area contributed by atoms with E-state index >= 15 is 0 Å². The van der Waals surface area contributed by atoms with E-state index in [0.29, 0.717) is 31.0 Å². The number of hydrogen-bond donors (Lipinski definition) is 1. The first kappa shape index (κ1) is 16.9. The van der Waals surface area contributed by atoms with Crippen molar-refractivity contribution >= 4 is 11.6 Å². The summed E-state index contributed by atoms with van der Waals surface area (Å²) in [5.74, 6) is 1.12. The molecule has 1 aromatic heterocycles. The van der Waals surface area contributed by atoms with Crippen LogP contribution in [0.2, 0.25) is 0 Å². The molecule has 0 saturated heterocycles. The Morgan fingerprint density at radius 1 is 1.00 bits per heavy atom. The van der Waals surface area contributed by atoms with E-state index in [4.69, 9.17) is 4.52 Å². The zero-order chi connectivity index (χ0) is 17.6. The smallest absolute Gasteiger partial charge is 0.226 e. The number of benzene rings is 2. The van der Waals surface area contributed by atoms with Crippen molar-refractivity contribution in [1.29, 1.82) is 0 Å². The zero-order valence-electron chi connectivity index (χ0n) is 14.5. The fourth-order valence-corrected chi connectivity index (χ4v) is 2.44. The number of nitrogens with one attached hydrogen (secondary N) is 1. The minimum Gasteiger partial charge on any atom is -0.339 e. The number of nitrogens with zero attached hydrogens (tertiary/aromatic N) is 2. The number of carbonyl (C=O) groups excluding carboxylic acids is 1. The van der Waals surface area contributed by atoms with Gasteiger partial charge in [0.05, 0.1) is 0 Å². The minimum absolute atomic E-state index is 0.0119. The van der Waals surface area contributed by atoms with Gasteiger partial charge >= 0.3 is 0 Å². The van der Waals surface area contributed by atoms with E-state index in [0.717, 1.165) is 11.3 Å². The quantitative estimate of drug-likeness (QED) is 0.728.